The maximum Gasteiger partial charge on any atom is 0.303 e. The fourth-order valence-corrected chi connectivity index (χ4v) is 3.47. The number of aliphatic carboxylic acids is 1. The van der Waals surface area contributed by atoms with Gasteiger partial charge in [0.1, 0.15) is 0 Å². The number of carbonyl (C=O) groups is 1. The third-order valence-electron chi connectivity index (χ3n) is 5.16. The molecule has 0 aromatic rings. The minimum Gasteiger partial charge on any atom is -0.481 e. The third-order valence-corrected chi connectivity index (χ3v) is 5.16. The Kier molecular flexibility index (Phi) is 7.07. The van der Waals surface area contributed by atoms with Crippen molar-refractivity contribution >= 4 is 5.97 Å². The molecule has 0 spiro atoms. The maximum absolute atomic E-state index is 11.0. The normalized spacial score (nSPS) is 30.8. The van der Waals surface area contributed by atoms with Crippen molar-refractivity contribution in [3.05, 3.63) is 12.2 Å². The second-order valence-corrected chi connectivity index (χ2v) is 7.54. The SMILES string of the molecule is CCCCC(C)(C)C(O)C=C[C@@H]1[C@@H](CC(=O)O)[C@@H](O)C[C@H]1C. The van der Waals surface area contributed by atoms with E-state index in [1.807, 2.05) is 19.1 Å². The number of rotatable bonds is 8. The van der Waals surface area contributed by atoms with Crippen LogP contribution in [0.25, 0.3) is 0 Å². The minimum atomic E-state index is -0.875. The lowest BCUT2D eigenvalue weighted by Gasteiger charge is -2.29. The van der Waals surface area contributed by atoms with Crippen LogP contribution in [-0.2, 0) is 4.79 Å². The predicted octanol–water partition coefficient (Wildman–Crippen LogP) is 3.23. The van der Waals surface area contributed by atoms with Crippen LogP contribution < -0.4 is 0 Å². The van der Waals surface area contributed by atoms with Crippen LogP contribution in [-0.4, -0.2) is 33.5 Å². The molecule has 0 heterocycles. The molecule has 0 saturated heterocycles. The first-order valence-electron chi connectivity index (χ1n) is 8.45. The van der Waals surface area contributed by atoms with Crippen LogP contribution in [0.4, 0.5) is 0 Å². The first-order chi connectivity index (χ1) is 10.2. The molecule has 0 aliphatic heterocycles. The summed E-state index contributed by atoms with van der Waals surface area (Å²) in [5.41, 5.74) is -0.185. The predicted molar refractivity (Wildman–Crippen MR) is 87.5 cm³/mol. The maximum atomic E-state index is 11.0. The Balaban J connectivity index is 2.74. The minimum absolute atomic E-state index is 0.0164. The van der Waals surface area contributed by atoms with Gasteiger partial charge in [0.2, 0.25) is 0 Å². The number of aliphatic hydroxyl groups excluding tert-OH is 2. The van der Waals surface area contributed by atoms with Crippen LogP contribution in [0.3, 0.4) is 0 Å². The molecule has 1 unspecified atom stereocenters. The molecule has 0 bridgehead atoms. The highest BCUT2D eigenvalue weighted by Gasteiger charge is 2.40. The van der Waals surface area contributed by atoms with Gasteiger partial charge in [-0.15, -0.1) is 0 Å². The molecule has 5 atom stereocenters. The molecule has 0 amide bonds. The van der Waals surface area contributed by atoms with E-state index in [1.54, 1.807) is 0 Å². The van der Waals surface area contributed by atoms with E-state index in [0.717, 1.165) is 19.3 Å². The van der Waals surface area contributed by atoms with Gasteiger partial charge in [0.25, 0.3) is 0 Å². The zero-order valence-electron chi connectivity index (χ0n) is 14.3. The number of carboxylic acid groups (broad SMARTS) is 1. The number of allylic oxidation sites excluding steroid dienone is 1. The monoisotopic (exact) mass is 312 g/mol. The van der Waals surface area contributed by atoms with Crippen molar-refractivity contribution in [1.29, 1.82) is 0 Å². The van der Waals surface area contributed by atoms with Gasteiger partial charge < -0.3 is 15.3 Å². The Morgan fingerprint density at radius 2 is 2.05 bits per heavy atom. The topological polar surface area (TPSA) is 77.8 Å². The summed E-state index contributed by atoms with van der Waals surface area (Å²) in [4.78, 5) is 11.0. The van der Waals surface area contributed by atoms with Crippen LogP contribution in [0.15, 0.2) is 12.2 Å². The molecule has 0 radical (unpaired) electrons. The van der Waals surface area contributed by atoms with E-state index in [1.165, 1.54) is 0 Å². The first kappa shape index (κ1) is 19.2. The van der Waals surface area contributed by atoms with E-state index in [4.69, 9.17) is 5.11 Å². The summed E-state index contributed by atoms with van der Waals surface area (Å²) in [6.45, 7) is 8.28. The van der Waals surface area contributed by atoms with Gasteiger partial charge in [0, 0.05) is 5.92 Å². The fourth-order valence-electron chi connectivity index (χ4n) is 3.47. The summed E-state index contributed by atoms with van der Waals surface area (Å²) in [5, 5.41) is 29.5. The van der Waals surface area contributed by atoms with Crippen molar-refractivity contribution in [1.82, 2.24) is 0 Å². The molecule has 1 fully saturated rings. The van der Waals surface area contributed by atoms with Gasteiger partial charge in [0.05, 0.1) is 18.6 Å². The molecule has 22 heavy (non-hydrogen) atoms. The average Bonchev–Trinajstić information content (AvgIpc) is 2.68. The largest absolute Gasteiger partial charge is 0.481 e. The summed E-state index contributed by atoms with van der Waals surface area (Å²) in [7, 11) is 0. The van der Waals surface area contributed by atoms with E-state index in [9.17, 15) is 15.0 Å². The van der Waals surface area contributed by atoms with Gasteiger partial charge >= 0.3 is 5.97 Å². The Morgan fingerprint density at radius 1 is 1.41 bits per heavy atom. The highest BCUT2D eigenvalue weighted by Crippen LogP contribution is 2.40. The van der Waals surface area contributed by atoms with Gasteiger partial charge in [-0.05, 0) is 30.1 Å². The third kappa shape index (κ3) is 5.10. The van der Waals surface area contributed by atoms with E-state index in [0.29, 0.717) is 6.42 Å². The van der Waals surface area contributed by atoms with Gasteiger partial charge in [-0.3, -0.25) is 4.79 Å². The molecule has 0 aromatic carbocycles. The highest BCUT2D eigenvalue weighted by molar-refractivity contribution is 5.67. The zero-order valence-corrected chi connectivity index (χ0v) is 14.3. The average molecular weight is 312 g/mol. The molecule has 128 valence electrons. The number of unbranched alkanes of at least 4 members (excludes halogenated alkanes) is 1. The van der Waals surface area contributed by atoms with Gasteiger partial charge in [-0.25, -0.2) is 0 Å². The van der Waals surface area contributed by atoms with Crippen molar-refractivity contribution in [2.45, 2.75) is 72.0 Å². The number of aliphatic hydroxyl groups is 2. The molecular weight excluding hydrogens is 280 g/mol. The van der Waals surface area contributed by atoms with Crippen molar-refractivity contribution in [2.24, 2.45) is 23.2 Å². The lowest BCUT2D eigenvalue weighted by molar-refractivity contribution is -0.139. The molecule has 0 aromatic heterocycles. The smallest absolute Gasteiger partial charge is 0.303 e. The molecule has 1 aliphatic carbocycles. The lowest BCUT2D eigenvalue weighted by atomic mass is 9.80. The van der Waals surface area contributed by atoms with Gasteiger partial charge in [-0.2, -0.15) is 0 Å². The fraction of sp³-hybridized carbons (Fsp3) is 0.833. The summed E-state index contributed by atoms with van der Waals surface area (Å²) in [6.07, 6.45) is 6.38. The summed E-state index contributed by atoms with van der Waals surface area (Å²) in [6, 6.07) is 0. The molecule has 4 nitrogen and oxygen atoms in total. The second kappa shape index (κ2) is 8.11. The molecular formula is C18H32O4. The zero-order chi connectivity index (χ0) is 16.9. The Hall–Kier alpha value is -0.870. The van der Waals surface area contributed by atoms with E-state index < -0.39 is 18.2 Å². The molecule has 4 heteroatoms. The van der Waals surface area contributed by atoms with Gasteiger partial charge in [-0.1, -0.05) is 52.7 Å². The van der Waals surface area contributed by atoms with Crippen LogP contribution in [0, 0.1) is 23.2 Å². The summed E-state index contributed by atoms with van der Waals surface area (Å²) >= 11 is 0. The van der Waals surface area contributed by atoms with E-state index in [-0.39, 0.29) is 29.6 Å². The highest BCUT2D eigenvalue weighted by atomic mass is 16.4. The van der Waals surface area contributed by atoms with Crippen molar-refractivity contribution in [2.75, 3.05) is 0 Å². The van der Waals surface area contributed by atoms with Gasteiger partial charge in [0.15, 0.2) is 0 Å². The number of hydrogen-bond acceptors (Lipinski definition) is 3. The Morgan fingerprint density at radius 3 is 2.59 bits per heavy atom. The Labute approximate surface area is 134 Å². The van der Waals surface area contributed by atoms with Crippen LogP contribution in [0.2, 0.25) is 0 Å². The van der Waals surface area contributed by atoms with E-state index in [2.05, 4.69) is 20.8 Å². The van der Waals surface area contributed by atoms with Crippen LogP contribution >= 0.6 is 0 Å². The number of carboxylic acids is 1. The van der Waals surface area contributed by atoms with E-state index >= 15 is 0 Å². The summed E-state index contributed by atoms with van der Waals surface area (Å²) < 4.78 is 0. The molecule has 1 rings (SSSR count). The number of hydrogen-bond donors (Lipinski definition) is 3. The van der Waals surface area contributed by atoms with Crippen molar-refractivity contribution in [3.8, 4) is 0 Å². The van der Waals surface area contributed by atoms with Crippen molar-refractivity contribution in [3.63, 3.8) is 0 Å². The first-order valence-corrected chi connectivity index (χ1v) is 8.45. The summed E-state index contributed by atoms with van der Waals surface area (Å²) in [5.74, 6) is -0.876. The molecule has 1 saturated carbocycles. The Bertz CT molecular complexity index is 389. The van der Waals surface area contributed by atoms with Crippen LogP contribution in [0.5, 0.6) is 0 Å². The second-order valence-electron chi connectivity index (χ2n) is 7.54. The molecule has 1 aliphatic rings. The van der Waals surface area contributed by atoms with Crippen LogP contribution in [0.1, 0.15) is 59.8 Å². The standard InChI is InChI=1S/C18H32O4/c1-5-6-9-18(3,4)16(20)8-7-13-12(2)10-15(19)14(13)11-17(21)22/h7-8,12-16,19-20H,5-6,9-11H2,1-4H3,(H,21,22)/t12-,13+,14-,15+,16?/m1/s1. The van der Waals surface area contributed by atoms with Crippen molar-refractivity contribution < 1.29 is 20.1 Å². The lowest BCUT2D eigenvalue weighted by Crippen LogP contribution is -2.28. The molecule has 3 N–H and O–H groups in total. The quantitative estimate of drug-likeness (QED) is 0.601.